The van der Waals surface area contributed by atoms with Crippen LogP contribution in [0.25, 0.3) is 0 Å². The Morgan fingerprint density at radius 1 is 0.556 bits per heavy atom. The van der Waals surface area contributed by atoms with Crippen LogP contribution >= 0.6 is 0 Å². The zero-order valence-electron chi connectivity index (χ0n) is 18.1. The molecule has 0 saturated carbocycles. The molecule has 0 unspecified atom stereocenters. The van der Waals surface area contributed by atoms with Crippen molar-refractivity contribution in [1.29, 1.82) is 0 Å². The van der Waals surface area contributed by atoms with Crippen LogP contribution in [-0.4, -0.2) is 57.3 Å². The Morgan fingerprint density at radius 3 is 1.19 bits per heavy atom. The highest BCUT2D eigenvalue weighted by molar-refractivity contribution is 6.75. The number of rotatable bonds is 13. The molecule has 0 spiro atoms. The molecule has 1 rings (SSSR count). The third kappa shape index (κ3) is 9.95. The van der Waals surface area contributed by atoms with Gasteiger partial charge in [-0.1, -0.05) is 30.3 Å². The second-order valence-corrected chi connectivity index (χ2v) is 10.5. The number of hydrogen-bond acceptors (Lipinski definition) is 6. The zero-order chi connectivity index (χ0) is 20.6. The zero-order valence-corrected chi connectivity index (χ0v) is 20.1. The summed E-state index contributed by atoms with van der Waals surface area (Å²) in [7, 11) is -4.92. The summed E-state index contributed by atoms with van der Waals surface area (Å²) in [6.45, 7) is 17.4. The van der Waals surface area contributed by atoms with Crippen LogP contribution in [-0.2, 0) is 26.6 Å². The molecular formula is C19H38O6Si2. The predicted octanol–water partition coefficient (Wildman–Crippen LogP) is 3.61. The molecule has 6 nitrogen and oxygen atoms in total. The summed E-state index contributed by atoms with van der Waals surface area (Å²) >= 11 is 0. The minimum Gasteiger partial charge on any atom is -0.374 e. The Bertz CT molecular complexity index is 427. The molecule has 0 aliphatic carbocycles. The molecule has 8 heteroatoms. The second kappa shape index (κ2) is 15.3. The van der Waals surface area contributed by atoms with E-state index in [1.165, 1.54) is 0 Å². The van der Waals surface area contributed by atoms with Crippen LogP contribution in [0.5, 0.6) is 0 Å². The highest BCUT2D eigenvalue weighted by atomic mass is 28.4. The molecule has 1 aromatic carbocycles. The monoisotopic (exact) mass is 418 g/mol. The van der Waals surface area contributed by atoms with Crippen molar-refractivity contribution in [1.82, 2.24) is 0 Å². The van der Waals surface area contributed by atoms with Gasteiger partial charge in [0.25, 0.3) is 0 Å². The Morgan fingerprint density at radius 2 is 0.889 bits per heavy atom. The molecule has 27 heavy (non-hydrogen) atoms. The van der Waals surface area contributed by atoms with Crippen molar-refractivity contribution < 1.29 is 26.6 Å². The van der Waals surface area contributed by atoms with Crippen LogP contribution in [0.3, 0.4) is 0 Å². The standard InChI is InChI=1S/C12H20O3Si.C7H18O3Si/c1-4-13-16(14-5-2,15-6-3)12-10-8-7-9-11-12;1-5-8-11(4,9-6-2)10-7-3/h7-11H,4-6H2,1-3H3;5-7H2,1-4H3. The fraction of sp³-hybridized carbons (Fsp3) is 0.684. The van der Waals surface area contributed by atoms with E-state index >= 15 is 0 Å². The van der Waals surface area contributed by atoms with E-state index < -0.39 is 17.6 Å². The van der Waals surface area contributed by atoms with Crippen molar-refractivity contribution in [2.45, 2.75) is 48.1 Å². The van der Waals surface area contributed by atoms with Crippen molar-refractivity contribution in [3.05, 3.63) is 30.3 Å². The molecule has 1 aromatic rings. The van der Waals surface area contributed by atoms with E-state index in [0.29, 0.717) is 39.6 Å². The predicted molar refractivity (Wildman–Crippen MR) is 113 cm³/mol. The summed E-state index contributed by atoms with van der Waals surface area (Å²) in [6, 6.07) is 9.95. The maximum absolute atomic E-state index is 5.79. The van der Waals surface area contributed by atoms with E-state index in [9.17, 15) is 0 Å². The fourth-order valence-electron chi connectivity index (χ4n) is 2.50. The number of benzene rings is 1. The lowest BCUT2D eigenvalue weighted by molar-refractivity contribution is 0.0782. The lowest BCUT2D eigenvalue weighted by atomic mass is 10.4. The van der Waals surface area contributed by atoms with Gasteiger partial charge in [0.2, 0.25) is 0 Å². The van der Waals surface area contributed by atoms with Gasteiger partial charge in [0, 0.05) is 51.4 Å². The SMILES string of the molecule is CCO[Si](C)(OCC)OCC.CCO[Si](OCC)(OCC)c1ccccc1. The van der Waals surface area contributed by atoms with E-state index in [4.69, 9.17) is 26.6 Å². The van der Waals surface area contributed by atoms with E-state index in [0.717, 1.165) is 5.19 Å². The van der Waals surface area contributed by atoms with Gasteiger partial charge in [0.05, 0.1) is 0 Å². The number of hydrogen-bond donors (Lipinski definition) is 0. The Kier molecular flexibility index (Phi) is 15.0. The average Bonchev–Trinajstić information content (AvgIpc) is 2.64. The van der Waals surface area contributed by atoms with Crippen LogP contribution in [0.1, 0.15) is 41.5 Å². The average molecular weight is 419 g/mol. The van der Waals surface area contributed by atoms with Crippen LogP contribution < -0.4 is 5.19 Å². The highest BCUT2D eigenvalue weighted by Gasteiger charge is 2.42. The minimum atomic E-state index is -2.67. The third-order valence-corrected chi connectivity index (χ3v) is 8.84. The molecule has 158 valence electrons. The normalized spacial score (nSPS) is 11.8. The molecule has 0 radical (unpaired) electrons. The van der Waals surface area contributed by atoms with Crippen molar-refractivity contribution in [3.63, 3.8) is 0 Å². The Labute approximate surface area is 167 Å². The minimum absolute atomic E-state index is 0.598. The Hall–Kier alpha value is -0.586. The lowest BCUT2D eigenvalue weighted by Crippen LogP contribution is -2.56. The first-order valence-electron chi connectivity index (χ1n) is 9.86. The summed E-state index contributed by atoms with van der Waals surface area (Å²) < 4.78 is 33.6. The summed E-state index contributed by atoms with van der Waals surface area (Å²) in [5.41, 5.74) is 0. The molecule has 0 aliphatic heterocycles. The molecule has 0 aromatic heterocycles. The van der Waals surface area contributed by atoms with E-state index in [2.05, 4.69) is 0 Å². The van der Waals surface area contributed by atoms with E-state index in [-0.39, 0.29) is 0 Å². The van der Waals surface area contributed by atoms with Crippen molar-refractivity contribution in [2.24, 2.45) is 0 Å². The molecule has 0 fully saturated rings. The smallest absolute Gasteiger partial charge is 0.374 e. The van der Waals surface area contributed by atoms with Crippen LogP contribution in [0.2, 0.25) is 6.55 Å². The topological polar surface area (TPSA) is 55.4 Å². The van der Waals surface area contributed by atoms with Gasteiger partial charge in [-0.2, -0.15) is 0 Å². The van der Waals surface area contributed by atoms with Crippen molar-refractivity contribution in [2.75, 3.05) is 39.6 Å². The lowest BCUT2D eigenvalue weighted by Gasteiger charge is -2.28. The maximum Gasteiger partial charge on any atom is 0.537 e. The Balaban J connectivity index is 0.000000541. The molecule has 0 bridgehead atoms. The van der Waals surface area contributed by atoms with Gasteiger partial charge >= 0.3 is 17.6 Å². The first-order chi connectivity index (χ1) is 13.0. The molecule has 0 N–H and O–H groups in total. The summed E-state index contributed by atoms with van der Waals surface area (Å²) in [4.78, 5) is 0. The maximum atomic E-state index is 5.79. The van der Waals surface area contributed by atoms with Crippen molar-refractivity contribution >= 4 is 22.8 Å². The third-order valence-electron chi connectivity index (χ3n) is 3.35. The fourth-order valence-corrected chi connectivity index (χ4v) is 6.81. The summed E-state index contributed by atoms with van der Waals surface area (Å²) in [5.74, 6) is 0. The molecule has 0 aliphatic rings. The van der Waals surface area contributed by atoms with Gasteiger partial charge in [-0.15, -0.1) is 0 Å². The van der Waals surface area contributed by atoms with Crippen LogP contribution in [0.4, 0.5) is 0 Å². The van der Waals surface area contributed by atoms with Gasteiger partial charge in [-0.05, 0) is 41.5 Å². The first kappa shape index (κ1) is 26.4. The summed E-state index contributed by atoms with van der Waals surface area (Å²) in [6.07, 6.45) is 0. The van der Waals surface area contributed by atoms with E-state index in [1.807, 2.05) is 78.4 Å². The van der Waals surface area contributed by atoms with E-state index in [1.54, 1.807) is 0 Å². The van der Waals surface area contributed by atoms with Gasteiger partial charge in [-0.25, -0.2) is 0 Å². The highest BCUT2D eigenvalue weighted by Crippen LogP contribution is 2.10. The van der Waals surface area contributed by atoms with Gasteiger partial charge in [0.1, 0.15) is 0 Å². The van der Waals surface area contributed by atoms with Gasteiger partial charge < -0.3 is 26.6 Å². The van der Waals surface area contributed by atoms with Crippen LogP contribution in [0.15, 0.2) is 30.3 Å². The van der Waals surface area contributed by atoms with Crippen molar-refractivity contribution in [3.8, 4) is 0 Å². The van der Waals surface area contributed by atoms with Gasteiger partial charge in [0.15, 0.2) is 0 Å². The quantitative estimate of drug-likeness (QED) is 0.456. The molecule has 0 atom stereocenters. The molecule has 0 saturated heterocycles. The second-order valence-electron chi connectivity index (χ2n) is 5.38. The van der Waals surface area contributed by atoms with Crippen LogP contribution in [0, 0.1) is 0 Å². The largest absolute Gasteiger partial charge is 0.537 e. The van der Waals surface area contributed by atoms with Gasteiger partial charge in [-0.3, -0.25) is 0 Å². The molecule has 0 heterocycles. The molecule has 0 amide bonds. The first-order valence-corrected chi connectivity index (χ1v) is 13.8. The molecular weight excluding hydrogens is 380 g/mol. The summed E-state index contributed by atoms with van der Waals surface area (Å²) in [5, 5.41) is 1.03.